The van der Waals surface area contributed by atoms with Gasteiger partial charge in [-0.3, -0.25) is 9.78 Å². The van der Waals surface area contributed by atoms with E-state index in [0.29, 0.717) is 17.8 Å². The van der Waals surface area contributed by atoms with Gasteiger partial charge < -0.3 is 19.8 Å². The van der Waals surface area contributed by atoms with Crippen LogP contribution in [0.15, 0.2) is 71.4 Å². The lowest BCUT2D eigenvalue weighted by Gasteiger charge is -2.38. The molecule has 4 aromatic rings. The number of carbonyl (C=O) groups excluding carboxylic acids is 1. The number of halogens is 3. The van der Waals surface area contributed by atoms with Crippen LogP contribution < -0.4 is 10.2 Å². The summed E-state index contributed by atoms with van der Waals surface area (Å²) in [5.41, 5.74) is 3.21. The Morgan fingerprint density at radius 3 is 2.51 bits per heavy atom. The van der Waals surface area contributed by atoms with E-state index in [1.54, 1.807) is 36.4 Å². The summed E-state index contributed by atoms with van der Waals surface area (Å²) in [5, 5.41) is 15.9. The highest BCUT2D eigenvalue weighted by Crippen LogP contribution is 2.34. The Hall–Kier alpha value is -4.41. The number of phenols is 1. The van der Waals surface area contributed by atoms with Crippen LogP contribution in [-0.2, 0) is 23.9 Å². The summed E-state index contributed by atoms with van der Waals surface area (Å²) < 4.78 is 42.5. The van der Waals surface area contributed by atoms with E-state index in [0.717, 1.165) is 11.3 Å². The van der Waals surface area contributed by atoms with E-state index in [4.69, 9.17) is 0 Å². The number of carbonyl (C=O) groups is 1. The number of rotatable bonds is 5. The van der Waals surface area contributed by atoms with Crippen molar-refractivity contribution < 1.29 is 27.6 Å². The minimum Gasteiger partial charge on any atom is -0.508 e. The van der Waals surface area contributed by atoms with Crippen molar-refractivity contribution in [2.45, 2.75) is 25.2 Å². The van der Waals surface area contributed by atoms with Crippen molar-refractivity contribution in [1.82, 2.24) is 15.1 Å². The number of hydrogen-bond acceptors (Lipinski definition) is 7. The molecule has 0 saturated heterocycles. The van der Waals surface area contributed by atoms with E-state index in [9.17, 15) is 23.1 Å². The quantitative estimate of drug-likeness (QED) is 0.435. The van der Waals surface area contributed by atoms with E-state index in [1.807, 2.05) is 29.2 Å². The normalized spacial score (nSPS) is 15.6. The molecule has 3 heterocycles. The first-order valence-corrected chi connectivity index (χ1v) is 10.6. The Morgan fingerprint density at radius 2 is 1.83 bits per heavy atom. The van der Waals surface area contributed by atoms with Gasteiger partial charge >= 0.3 is 12.1 Å². The molecule has 2 N–H and O–H groups in total. The van der Waals surface area contributed by atoms with E-state index >= 15 is 0 Å². The van der Waals surface area contributed by atoms with Crippen LogP contribution in [0.5, 0.6) is 5.75 Å². The van der Waals surface area contributed by atoms with E-state index in [1.165, 1.54) is 6.20 Å². The molecule has 1 atom stereocenters. The average Bonchev–Trinajstić information content (AvgIpc) is 3.34. The smallest absolute Gasteiger partial charge is 0.471 e. The number of phenolic OH excluding ortho intramolecular Hbond substituents is 1. The lowest BCUT2D eigenvalue weighted by Crippen LogP contribution is -2.49. The molecule has 1 amide bonds. The molecule has 0 spiro atoms. The molecule has 0 radical (unpaired) electrons. The van der Waals surface area contributed by atoms with Gasteiger partial charge in [0, 0.05) is 18.2 Å². The predicted octanol–water partition coefficient (Wildman–Crippen LogP) is 4.43. The maximum Gasteiger partial charge on any atom is 0.471 e. The van der Waals surface area contributed by atoms with E-state index in [-0.39, 0.29) is 29.6 Å². The maximum absolute atomic E-state index is 13.0. The van der Waals surface area contributed by atoms with Crippen molar-refractivity contribution in [3.05, 3.63) is 84.0 Å². The van der Waals surface area contributed by atoms with Crippen LogP contribution in [0, 0.1) is 0 Å². The molecule has 0 aliphatic carbocycles. The molecule has 0 saturated carbocycles. The Morgan fingerprint density at radius 1 is 1.06 bits per heavy atom. The van der Waals surface area contributed by atoms with Gasteiger partial charge in [0.25, 0.3) is 0 Å². The summed E-state index contributed by atoms with van der Waals surface area (Å²) in [5.74, 6) is -1.69. The molecule has 0 unspecified atom stereocenters. The molecule has 0 fully saturated rings. The van der Waals surface area contributed by atoms with Crippen molar-refractivity contribution >= 4 is 17.3 Å². The SMILES string of the molecule is O=C1Nc2ccccc2N(Cc2ccc(-c3noc(C(F)(F)F)n3)cn2)[C@@H]1Cc1ccc(O)cc1. The average molecular weight is 481 g/mol. The highest BCUT2D eigenvalue weighted by Gasteiger charge is 2.38. The van der Waals surface area contributed by atoms with Crippen LogP contribution in [0.25, 0.3) is 11.4 Å². The van der Waals surface area contributed by atoms with Gasteiger partial charge in [-0.15, -0.1) is 0 Å². The largest absolute Gasteiger partial charge is 0.508 e. The fourth-order valence-corrected chi connectivity index (χ4v) is 3.89. The first-order chi connectivity index (χ1) is 16.8. The number of alkyl halides is 3. The monoisotopic (exact) mass is 481 g/mol. The third-order valence-electron chi connectivity index (χ3n) is 5.60. The van der Waals surface area contributed by atoms with Gasteiger partial charge in [0.15, 0.2) is 0 Å². The van der Waals surface area contributed by atoms with Gasteiger partial charge in [-0.2, -0.15) is 18.2 Å². The van der Waals surface area contributed by atoms with Gasteiger partial charge in [0.05, 0.1) is 23.6 Å². The number of anilines is 2. The topological polar surface area (TPSA) is 104 Å². The zero-order valence-electron chi connectivity index (χ0n) is 18.0. The molecule has 35 heavy (non-hydrogen) atoms. The Balaban J connectivity index is 1.42. The van der Waals surface area contributed by atoms with Crippen molar-refractivity contribution in [2.75, 3.05) is 10.2 Å². The zero-order valence-corrected chi connectivity index (χ0v) is 18.0. The molecule has 8 nitrogen and oxygen atoms in total. The summed E-state index contributed by atoms with van der Waals surface area (Å²) >= 11 is 0. The second-order valence-corrected chi connectivity index (χ2v) is 7.98. The van der Waals surface area contributed by atoms with Crippen LogP contribution in [0.1, 0.15) is 17.1 Å². The molecule has 0 bridgehead atoms. The number of amides is 1. The zero-order chi connectivity index (χ0) is 24.6. The second kappa shape index (κ2) is 8.75. The minimum absolute atomic E-state index is 0.136. The van der Waals surface area contributed by atoms with Gasteiger partial charge in [-0.05, 0) is 42.0 Å². The molecule has 5 rings (SSSR count). The summed E-state index contributed by atoms with van der Waals surface area (Å²) in [6.45, 7) is 0.271. The van der Waals surface area contributed by atoms with Gasteiger partial charge in [0.2, 0.25) is 11.7 Å². The lowest BCUT2D eigenvalue weighted by atomic mass is 9.99. The van der Waals surface area contributed by atoms with Gasteiger partial charge in [-0.1, -0.05) is 29.4 Å². The van der Waals surface area contributed by atoms with Crippen molar-refractivity contribution in [3.8, 4) is 17.1 Å². The molecule has 1 aliphatic rings. The first kappa shape index (κ1) is 22.4. The van der Waals surface area contributed by atoms with Crippen LogP contribution in [-0.4, -0.2) is 32.2 Å². The maximum atomic E-state index is 13.0. The summed E-state index contributed by atoms with van der Waals surface area (Å²) in [6, 6.07) is 16.7. The summed E-state index contributed by atoms with van der Waals surface area (Å²) in [7, 11) is 0. The Labute approximate surface area is 197 Å². The number of aromatic nitrogens is 3. The third-order valence-corrected chi connectivity index (χ3v) is 5.60. The first-order valence-electron chi connectivity index (χ1n) is 10.6. The van der Waals surface area contributed by atoms with Crippen LogP contribution in [0.4, 0.5) is 24.5 Å². The number of nitrogens with zero attached hydrogens (tertiary/aromatic N) is 4. The van der Waals surface area contributed by atoms with Crippen molar-refractivity contribution in [1.29, 1.82) is 0 Å². The van der Waals surface area contributed by atoms with E-state index in [2.05, 4.69) is 25.0 Å². The van der Waals surface area contributed by atoms with Crippen molar-refractivity contribution in [2.24, 2.45) is 0 Å². The molecular weight excluding hydrogens is 463 g/mol. The standard InChI is InChI=1S/C24H18F3N5O3/c25-24(26,27)23-30-21(31-35-23)15-7-8-16(28-12-15)13-32-19-4-2-1-3-18(19)29-22(34)20(32)11-14-5-9-17(33)10-6-14/h1-10,12,20,33H,11,13H2,(H,29,34)/t20-/m1/s1. The van der Waals surface area contributed by atoms with Crippen molar-refractivity contribution in [3.63, 3.8) is 0 Å². The molecule has 2 aromatic heterocycles. The highest BCUT2D eigenvalue weighted by molar-refractivity contribution is 6.03. The number of pyridine rings is 1. The molecule has 178 valence electrons. The summed E-state index contributed by atoms with van der Waals surface area (Å²) in [4.78, 5) is 22.7. The van der Waals surface area contributed by atoms with Crippen LogP contribution in [0.3, 0.4) is 0 Å². The number of aromatic hydroxyl groups is 1. The number of hydrogen-bond donors (Lipinski definition) is 2. The van der Waals surface area contributed by atoms with Gasteiger partial charge in [0.1, 0.15) is 11.8 Å². The number of para-hydroxylation sites is 2. The fourth-order valence-electron chi connectivity index (χ4n) is 3.89. The fraction of sp³-hybridized carbons (Fsp3) is 0.167. The Bertz CT molecular complexity index is 1350. The van der Waals surface area contributed by atoms with Gasteiger partial charge in [-0.25, -0.2) is 0 Å². The molecule has 2 aromatic carbocycles. The third kappa shape index (κ3) is 4.65. The Kier molecular flexibility index (Phi) is 5.59. The van der Waals surface area contributed by atoms with Crippen LogP contribution >= 0.6 is 0 Å². The predicted molar refractivity (Wildman–Crippen MR) is 119 cm³/mol. The molecule has 11 heteroatoms. The number of fused-ring (bicyclic) bond motifs is 1. The van der Waals surface area contributed by atoms with E-state index < -0.39 is 18.1 Å². The number of benzene rings is 2. The van der Waals surface area contributed by atoms with Crippen LogP contribution in [0.2, 0.25) is 0 Å². The second-order valence-electron chi connectivity index (χ2n) is 7.98. The lowest BCUT2D eigenvalue weighted by molar-refractivity contribution is -0.159. The highest BCUT2D eigenvalue weighted by atomic mass is 19.4. The minimum atomic E-state index is -4.73. The number of nitrogens with one attached hydrogen (secondary N) is 1. The molecular formula is C24H18F3N5O3. The molecule has 1 aliphatic heterocycles. The summed E-state index contributed by atoms with van der Waals surface area (Å²) in [6.07, 6.45) is -2.97.